The first-order valence-corrected chi connectivity index (χ1v) is 10.2. The van der Waals surface area contributed by atoms with Gasteiger partial charge >= 0.3 is 5.97 Å². The Morgan fingerprint density at radius 1 is 1.03 bits per heavy atom. The zero-order valence-corrected chi connectivity index (χ0v) is 18.2. The first-order valence-electron chi connectivity index (χ1n) is 10.2. The standard InChI is InChI=1S/C23H25N3O6/c1-4-32-23(29)19(25-24-18-12-11-15(30-2)14-20(18)31-3)10-7-13-26-21(27)16-8-5-6-9-17(16)22(26)28/h5-6,8-9,11-12,14,24H,4,7,10,13H2,1-3H3/b25-19-. The van der Waals surface area contributed by atoms with Crippen molar-refractivity contribution in [1.82, 2.24) is 4.90 Å². The van der Waals surface area contributed by atoms with Crippen molar-refractivity contribution in [3.63, 3.8) is 0 Å². The average Bonchev–Trinajstić information content (AvgIpc) is 3.06. The minimum absolute atomic E-state index is 0.140. The number of anilines is 1. The van der Waals surface area contributed by atoms with Gasteiger partial charge in [-0.2, -0.15) is 5.10 Å². The molecule has 32 heavy (non-hydrogen) atoms. The second kappa shape index (κ2) is 10.4. The summed E-state index contributed by atoms with van der Waals surface area (Å²) < 4.78 is 15.6. The van der Waals surface area contributed by atoms with Crippen LogP contribution in [0, 0.1) is 0 Å². The Kier molecular flexibility index (Phi) is 7.43. The van der Waals surface area contributed by atoms with Gasteiger partial charge in [0.15, 0.2) is 0 Å². The number of amides is 2. The minimum atomic E-state index is -0.574. The van der Waals surface area contributed by atoms with Crippen LogP contribution < -0.4 is 14.9 Å². The van der Waals surface area contributed by atoms with Crippen LogP contribution in [0.25, 0.3) is 0 Å². The first kappa shape index (κ1) is 22.8. The Balaban J connectivity index is 1.69. The Hall–Kier alpha value is -3.88. The molecule has 1 N–H and O–H groups in total. The van der Waals surface area contributed by atoms with Crippen molar-refractivity contribution in [2.24, 2.45) is 5.10 Å². The van der Waals surface area contributed by atoms with Crippen molar-refractivity contribution < 1.29 is 28.6 Å². The van der Waals surface area contributed by atoms with Crippen molar-refractivity contribution in [2.75, 3.05) is 32.8 Å². The lowest BCUT2D eigenvalue weighted by Crippen LogP contribution is -2.31. The molecular weight excluding hydrogens is 414 g/mol. The zero-order chi connectivity index (χ0) is 23.1. The van der Waals surface area contributed by atoms with Gasteiger partial charge in [0.05, 0.1) is 37.6 Å². The maximum atomic E-state index is 12.5. The SMILES string of the molecule is CCOC(=O)/C(CCCN1C(=O)c2ccccc2C1=O)=N\Nc1ccc(OC)cc1OC. The topological polar surface area (TPSA) is 107 Å². The lowest BCUT2D eigenvalue weighted by molar-refractivity contribution is -0.135. The number of hydrazone groups is 1. The highest BCUT2D eigenvalue weighted by atomic mass is 16.5. The predicted octanol–water partition coefficient (Wildman–Crippen LogP) is 3.11. The van der Waals surface area contributed by atoms with Crippen LogP contribution in [0.15, 0.2) is 47.6 Å². The third-order valence-electron chi connectivity index (χ3n) is 4.90. The molecule has 9 nitrogen and oxygen atoms in total. The van der Waals surface area contributed by atoms with Gasteiger partial charge in [-0.3, -0.25) is 19.9 Å². The highest BCUT2D eigenvalue weighted by Crippen LogP contribution is 2.29. The van der Waals surface area contributed by atoms with Gasteiger partial charge < -0.3 is 14.2 Å². The van der Waals surface area contributed by atoms with Crippen molar-refractivity contribution in [3.05, 3.63) is 53.6 Å². The van der Waals surface area contributed by atoms with E-state index in [1.807, 2.05) is 0 Å². The van der Waals surface area contributed by atoms with Gasteiger partial charge in [-0.05, 0) is 37.6 Å². The van der Waals surface area contributed by atoms with Crippen molar-refractivity contribution in [2.45, 2.75) is 19.8 Å². The normalized spacial score (nSPS) is 13.1. The van der Waals surface area contributed by atoms with Crippen LogP contribution in [0.4, 0.5) is 5.69 Å². The Labute approximate surface area is 185 Å². The number of carbonyl (C=O) groups excluding carboxylic acids is 3. The number of carbonyl (C=O) groups is 3. The molecule has 0 radical (unpaired) electrons. The molecule has 168 valence electrons. The summed E-state index contributed by atoms with van der Waals surface area (Å²) in [5.41, 5.74) is 4.29. The number of ether oxygens (including phenoxy) is 3. The lowest BCUT2D eigenvalue weighted by Gasteiger charge is -2.14. The van der Waals surface area contributed by atoms with E-state index in [0.29, 0.717) is 34.7 Å². The van der Waals surface area contributed by atoms with Crippen LogP contribution in [0.3, 0.4) is 0 Å². The Bertz CT molecular complexity index is 1010. The maximum Gasteiger partial charge on any atom is 0.354 e. The van der Waals surface area contributed by atoms with Gasteiger partial charge in [-0.25, -0.2) is 4.79 Å². The summed E-state index contributed by atoms with van der Waals surface area (Å²) in [6.07, 6.45) is 0.558. The number of nitrogens with one attached hydrogen (secondary N) is 1. The van der Waals surface area contributed by atoms with E-state index in [2.05, 4.69) is 10.5 Å². The van der Waals surface area contributed by atoms with Crippen LogP contribution in [0.2, 0.25) is 0 Å². The number of benzene rings is 2. The maximum absolute atomic E-state index is 12.5. The number of esters is 1. The summed E-state index contributed by atoms with van der Waals surface area (Å²) in [5, 5.41) is 4.20. The summed E-state index contributed by atoms with van der Waals surface area (Å²) in [7, 11) is 3.06. The molecule has 0 fully saturated rings. The summed E-state index contributed by atoms with van der Waals surface area (Å²) >= 11 is 0. The second-order valence-electron chi connectivity index (χ2n) is 6.87. The van der Waals surface area contributed by atoms with Crippen LogP contribution in [0.1, 0.15) is 40.5 Å². The number of fused-ring (bicyclic) bond motifs is 1. The smallest absolute Gasteiger partial charge is 0.354 e. The van der Waals surface area contributed by atoms with Gasteiger partial charge in [0, 0.05) is 19.0 Å². The molecule has 0 unspecified atom stereocenters. The number of imide groups is 1. The molecule has 2 amide bonds. The largest absolute Gasteiger partial charge is 0.497 e. The first-order chi connectivity index (χ1) is 15.5. The number of rotatable bonds is 10. The van der Waals surface area contributed by atoms with Gasteiger partial charge in [0.1, 0.15) is 17.2 Å². The van der Waals surface area contributed by atoms with E-state index in [9.17, 15) is 14.4 Å². The Morgan fingerprint density at radius 2 is 1.72 bits per heavy atom. The highest BCUT2D eigenvalue weighted by Gasteiger charge is 2.34. The summed E-state index contributed by atoms with van der Waals surface area (Å²) in [5.74, 6) is -0.136. The molecule has 0 aromatic heterocycles. The third kappa shape index (κ3) is 4.88. The van der Waals surface area contributed by atoms with E-state index in [1.54, 1.807) is 56.5 Å². The predicted molar refractivity (Wildman–Crippen MR) is 118 cm³/mol. The van der Waals surface area contributed by atoms with Crippen molar-refractivity contribution >= 4 is 29.2 Å². The molecule has 2 aromatic rings. The van der Waals surface area contributed by atoms with E-state index >= 15 is 0 Å². The number of hydrogen-bond acceptors (Lipinski definition) is 8. The molecule has 1 aliphatic heterocycles. The van der Waals surface area contributed by atoms with Crippen molar-refractivity contribution in [1.29, 1.82) is 0 Å². The molecule has 1 aliphatic rings. The number of nitrogens with zero attached hydrogens (tertiary/aromatic N) is 2. The average molecular weight is 439 g/mol. The molecule has 1 heterocycles. The third-order valence-corrected chi connectivity index (χ3v) is 4.90. The number of hydrogen-bond donors (Lipinski definition) is 1. The van der Waals surface area contributed by atoms with E-state index in [4.69, 9.17) is 14.2 Å². The van der Waals surface area contributed by atoms with Crippen LogP contribution in [-0.2, 0) is 9.53 Å². The fourth-order valence-electron chi connectivity index (χ4n) is 3.28. The van der Waals surface area contributed by atoms with Gasteiger partial charge in [0.25, 0.3) is 11.8 Å². The van der Waals surface area contributed by atoms with Crippen LogP contribution >= 0.6 is 0 Å². The molecule has 0 saturated carbocycles. The summed E-state index contributed by atoms with van der Waals surface area (Å²) in [4.78, 5) is 38.5. The fourth-order valence-corrected chi connectivity index (χ4v) is 3.28. The van der Waals surface area contributed by atoms with Gasteiger partial charge in [-0.15, -0.1) is 0 Å². The van der Waals surface area contributed by atoms with Crippen LogP contribution in [0.5, 0.6) is 11.5 Å². The van der Waals surface area contributed by atoms with Gasteiger partial charge in [0.2, 0.25) is 0 Å². The Morgan fingerprint density at radius 3 is 2.31 bits per heavy atom. The monoisotopic (exact) mass is 439 g/mol. The molecule has 3 rings (SSSR count). The highest BCUT2D eigenvalue weighted by molar-refractivity contribution is 6.36. The summed E-state index contributed by atoms with van der Waals surface area (Å²) in [6, 6.07) is 11.8. The molecule has 0 atom stereocenters. The van der Waals surface area contributed by atoms with Crippen LogP contribution in [-0.4, -0.2) is 55.8 Å². The molecule has 0 bridgehead atoms. The van der Waals surface area contributed by atoms with E-state index in [0.717, 1.165) is 0 Å². The van der Waals surface area contributed by atoms with E-state index in [-0.39, 0.29) is 37.1 Å². The summed E-state index contributed by atoms with van der Waals surface area (Å²) in [6.45, 7) is 2.06. The quantitative estimate of drug-likeness (QED) is 0.262. The molecule has 2 aromatic carbocycles. The van der Waals surface area contributed by atoms with Crippen molar-refractivity contribution in [3.8, 4) is 11.5 Å². The molecular formula is C23H25N3O6. The molecule has 0 spiro atoms. The lowest BCUT2D eigenvalue weighted by atomic mass is 10.1. The van der Waals surface area contributed by atoms with Gasteiger partial charge in [-0.1, -0.05) is 12.1 Å². The molecule has 0 saturated heterocycles. The minimum Gasteiger partial charge on any atom is -0.497 e. The number of methoxy groups -OCH3 is 2. The van der Waals surface area contributed by atoms with E-state index in [1.165, 1.54) is 12.0 Å². The molecule has 9 heteroatoms. The molecule has 0 aliphatic carbocycles. The van der Waals surface area contributed by atoms with E-state index < -0.39 is 5.97 Å². The zero-order valence-electron chi connectivity index (χ0n) is 18.2. The fraction of sp³-hybridized carbons (Fsp3) is 0.304. The second-order valence-corrected chi connectivity index (χ2v) is 6.87.